The van der Waals surface area contributed by atoms with Crippen LogP contribution in [0.15, 0.2) is 60.9 Å². The van der Waals surface area contributed by atoms with E-state index in [1.807, 2.05) is 33.9 Å². The molecule has 2 rings (SSSR count). The van der Waals surface area contributed by atoms with Gasteiger partial charge in [0.05, 0.1) is 11.7 Å². The summed E-state index contributed by atoms with van der Waals surface area (Å²) in [5.41, 5.74) is 3.40. The molecule has 1 aromatic rings. The Balaban J connectivity index is 2.22. The van der Waals surface area contributed by atoms with Crippen LogP contribution in [0.5, 0.6) is 0 Å². The lowest BCUT2D eigenvalue weighted by molar-refractivity contribution is 0.0620. The highest BCUT2D eigenvalue weighted by atomic mass is 19.1. The van der Waals surface area contributed by atoms with Crippen molar-refractivity contribution in [1.82, 2.24) is 9.80 Å². The van der Waals surface area contributed by atoms with Gasteiger partial charge in [-0.3, -0.25) is 4.79 Å². The average molecular weight is 455 g/mol. The molecule has 0 N–H and O–H groups in total. The molecule has 178 valence electrons. The van der Waals surface area contributed by atoms with Crippen LogP contribution >= 0.6 is 0 Å². The van der Waals surface area contributed by atoms with E-state index in [-0.39, 0.29) is 29.6 Å². The fourth-order valence-electron chi connectivity index (χ4n) is 3.97. The third-order valence-corrected chi connectivity index (χ3v) is 5.87. The van der Waals surface area contributed by atoms with Crippen LogP contribution in [0, 0.1) is 5.82 Å². The van der Waals surface area contributed by atoms with E-state index in [1.165, 1.54) is 19.1 Å². The Kier molecular flexibility index (Phi) is 9.21. The van der Waals surface area contributed by atoms with Gasteiger partial charge in [0.25, 0.3) is 0 Å². The smallest absolute Gasteiger partial charge is 0.410 e. The van der Waals surface area contributed by atoms with Gasteiger partial charge in [0, 0.05) is 31.9 Å². The van der Waals surface area contributed by atoms with Crippen LogP contribution in [0.1, 0.15) is 56.5 Å². The molecular weight excluding hydrogens is 419 g/mol. The van der Waals surface area contributed by atoms with Crippen LogP contribution in [0.4, 0.5) is 9.18 Å². The summed E-state index contributed by atoms with van der Waals surface area (Å²) in [6.07, 6.45) is 6.71. The quantitative estimate of drug-likeness (QED) is 0.357. The molecule has 1 heterocycles. The number of hydrogen-bond acceptors (Lipinski definition) is 4. The van der Waals surface area contributed by atoms with E-state index in [0.29, 0.717) is 18.7 Å². The van der Waals surface area contributed by atoms with Gasteiger partial charge in [0.15, 0.2) is 5.78 Å². The van der Waals surface area contributed by atoms with Crippen LogP contribution in [-0.4, -0.2) is 54.0 Å². The van der Waals surface area contributed by atoms with E-state index in [4.69, 9.17) is 4.74 Å². The van der Waals surface area contributed by atoms with Gasteiger partial charge < -0.3 is 14.5 Å². The molecule has 33 heavy (non-hydrogen) atoms. The van der Waals surface area contributed by atoms with Crippen molar-refractivity contribution in [1.29, 1.82) is 0 Å². The van der Waals surface area contributed by atoms with Gasteiger partial charge in [-0.05, 0) is 81.5 Å². The molecule has 1 aliphatic rings. The molecule has 0 saturated carbocycles. The van der Waals surface area contributed by atoms with Gasteiger partial charge in [0.2, 0.25) is 0 Å². The molecule has 0 aliphatic carbocycles. The highest BCUT2D eigenvalue weighted by Gasteiger charge is 2.27. The number of hydrogen-bond donors (Lipinski definition) is 0. The zero-order valence-corrected chi connectivity index (χ0v) is 20.4. The lowest BCUT2D eigenvalue weighted by atomic mass is 9.99. The first-order valence-electron chi connectivity index (χ1n) is 11.3. The van der Waals surface area contributed by atoms with Gasteiger partial charge in [-0.1, -0.05) is 25.3 Å². The van der Waals surface area contributed by atoms with Crippen LogP contribution < -0.4 is 0 Å². The van der Waals surface area contributed by atoms with Crippen molar-refractivity contribution in [3.05, 3.63) is 77.8 Å². The Hall–Kier alpha value is -3.15. The minimum Gasteiger partial charge on any atom is -0.447 e. The SMILES string of the molecule is C=CC(/C=C(\C)c1ccc(C(C)=O)c(F)c1)=C(/C=C)N(C)C1CCN(C(=O)OC(C)C)CC1. The molecule has 0 radical (unpaired) electrons. The zero-order valence-electron chi connectivity index (χ0n) is 20.4. The van der Waals surface area contributed by atoms with Gasteiger partial charge in [-0.25, -0.2) is 9.18 Å². The molecule has 1 aromatic carbocycles. The summed E-state index contributed by atoms with van der Waals surface area (Å²) in [6, 6.07) is 4.87. The molecule has 0 bridgehead atoms. The summed E-state index contributed by atoms with van der Waals surface area (Å²) in [5.74, 6) is -0.827. The van der Waals surface area contributed by atoms with E-state index < -0.39 is 5.82 Å². The lowest BCUT2D eigenvalue weighted by Gasteiger charge is -2.38. The van der Waals surface area contributed by atoms with Crippen molar-refractivity contribution in [2.45, 2.75) is 52.7 Å². The van der Waals surface area contributed by atoms with Crippen molar-refractivity contribution in [2.24, 2.45) is 0 Å². The number of carbonyl (C=O) groups excluding carboxylic acids is 2. The monoisotopic (exact) mass is 454 g/mol. The number of ketones is 1. The normalized spacial score (nSPS) is 15.7. The topological polar surface area (TPSA) is 49.9 Å². The largest absolute Gasteiger partial charge is 0.447 e. The lowest BCUT2D eigenvalue weighted by Crippen LogP contribution is -2.45. The Morgan fingerprint density at radius 1 is 1.18 bits per heavy atom. The fraction of sp³-hybridized carbons (Fsp3) is 0.407. The van der Waals surface area contributed by atoms with Crippen molar-refractivity contribution >= 4 is 17.4 Å². The number of Topliss-reactive ketones (excluding diaryl/α,β-unsaturated/α-hetero) is 1. The number of ether oxygens (including phenoxy) is 1. The van der Waals surface area contributed by atoms with Crippen LogP contribution in [0.25, 0.3) is 5.57 Å². The molecule has 0 unspecified atom stereocenters. The molecule has 1 fully saturated rings. The maximum Gasteiger partial charge on any atom is 0.410 e. The number of carbonyl (C=O) groups is 2. The van der Waals surface area contributed by atoms with E-state index in [0.717, 1.165) is 29.7 Å². The molecule has 1 saturated heterocycles. The van der Waals surface area contributed by atoms with Crippen molar-refractivity contribution in [3.63, 3.8) is 0 Å². The van der Waals surface area contributed by atoms with Crippen LogP contribution in [-0.2, 0) is 4.74 Å². The second-order valence-electron chi connectivity index (χ2n) is 8.59. The standard InChI is InChI=1S/C27H35FN2O3/c1-8-21(16-19(5)22-10-11-24(20(6)31)25(28)17-22)26(9-2)29(7)23-12-14-30(15-13-23)27(32)33-18(3)4/h8-11,16-18,23H,1-2,12-15H2,3-7H3/b19-16+,26-21+. The van der Waals surface area contributed by atoms with Gasteiger partial charge in [-0.2, -0.15) is 0 Å². The Bertz CT molecular complexity index is 970. The van der Waals surface area contributed by atoms with Crippen LogP contribution in [0.2, 0.25) is 0 Å². The number of rotatable bonds is 8. The number of nitrogens with zero attached hydrogens (tertiary/aromatic N) is 2. The van der Waals surface area contributed by atoms with Crippen LogP contribution in [0.3, 0.4) is 0 Å². The fourth-order valence-corrected chi connectivity index (χ4v) is 3.97. The Morgan fingerprint density at radius 3 is 2.30 bits per heavy atom. The second-order valence-corrected chi connectivity index (χ2v) is 8.59. The maximum absolute atomic E-state index is 14.3. The first kappa shape index (κ1) is 26.1. The third kappa shape index (κ3) is 6.67. The summed E-state index contributed by atoms with van der Waals surface area (Å²) in [7, 11) is 2.01. The number of amides is 1. The van der Waals surface area contributed by atoms with E-state index in [1.54, 1.807) is 23.1 Å². The van der Waals surface area contributed by atoms with Gasteiger partial charge in [-0.15, -0.1) is 0 Å². The van der Waals surface area contributed by atoms with Crippen molar-refractivity contribution in [3.8, 4) is 0 Å². The van der Waals surface area contributed by atoms with E-state index in [2.05, 4.69) is 18.1 Å². The molecule has 0 aromatic heterocycles. The zero-order chi connectivity index (χ0) is 24.7. The molecule has 5 nitrogen and oxygen atoms in total. The Labute approximate surface area is 196 Å². The summed E-state index contributed by atoms with van der Waals surface area (Å²) in [4.78, 5) is 27.6. The summed E-state index contributed by atoms with van der Waals surface area (Å²) in [5, 5.41) is 0. The minimum absolute atomic E-state index is 0.0844. The molecule has 0 spiro atoms. The first-order valence-corrected chi connectivity index (χ1v) is 11.3. The molecule has 6 heteroatoms. The number of allylic oxidation sites excluding steroid dienone is 5. The number of likely N-dealkylation sites (N-methyl/N-ethyl adjacent to an activating group) is 1. The number of benzene rings is 1. The number of halogens is 1. The summed E-state index contributed by atoms with van der Waals surface area (Å²) >= 11 is 0. The number of piperidine rings is 1. The second kappa shape index (κ2) is 11.6. The Morgan fingerprint density at radius 2 is 1.82 bits per heavy atom. The predicted molar refractivity (Wildman–Crippen MR) is 131 cm³/mol. The summed E-state index contributed by atoms with van der Waals surface area (Å²) < 4.78 is 19.6. The highest BCUT2D eigenvalue weighted by molar-refractivity contribution is 5.94. The van der Waals surface area contributed by atoms with E-state index >= 15 is 0 Å². The third-order valence-electron chi connectivity index (χ3n) is 5.87. The van der Waals surface area contributed by atoms with Gasteiger partial charge in [0.1, 0.15) is 5.82 Å². The number of likely N-dealkylation sites (tertiary alicyclic amines) is 1. The van der Waals surface area contributed by atoms with Crippen molar-refractivity contribution < 1.29 is 18.7 Å². The molecule has 1 amide bonds. The minimum atomic E-state index is -0.527. The molecular formula is C27H35FN2O3. The predicted octanol–water partition coefficient (Wildman–Crippen LogP) is 6.00. The maximum atomic E-state index is 14.3. The molecule has 0 atom stereocenters. The molecule has 1 aliphatic heterocycles. The highest BCUT2D eigenvalue weighted by Crippen LogP contribution is 2.26. The van der Waals surface area contributed by atoms with E-state index in [9.17, 15) is 14.0 Å². The summed E-state index contributed by atoms with van der Waals surface area (Å²) in [6.45, 7) is 16.1. The first-order chi connectivity index (χ1) is 15.6. The van der Waals surface area contributed by atoms with Crippen molar-refractivity contribution in [2.75, 3.05) is 20.1 Å². The average Bonchev–Trinajstić information content (AvgIpc) is 2.77. The van der Waals surface area contributed by atoms with Gasteiger partial charge >= 0.3 is 6.09 Å².